The Hall–Kier alpha value is -1.31. The van der Waals surface area contributed by atoms with Crippen LogP contribution in [-0.4, -0.2) is 44.1 Å². The van der Waals surface area contributed by atoms with Gasteiger partial charge in [-0.2, -0.15) is 4.31 Å². The fourth-order valence-electron chi connectivity index (χ4n) is 2.62. The summed E-state index contributed by atoms with van der Waals surface area (Å²) in [6.45, 7) is 2.59. The fourth-order valence-corrected chi connectivity index (χ4v) is 4.13. The average molecular weight is 314 g/mol. The lowest BCUT2D eigenvalue weighted by Gasteiger charge is -2.32. The molecule has 6 nitrogen and oxygen atoms in total. The third-order valence-corrected chi connectivity index (χ3v) is 5.91. The van der Waals surface area contributed by atoms with Crippen LogP contribution in [0.15, 0.2) is 23.1 Å². The minimum absolute atomic E-state index is 0.164. The number of aliphatic hydroxyl groups is 1. The molecule has 118 valence electrons. The molecule has 1 fully saturated rings. The molecule has 0 aromatic heterocycles. The Morgan fingerprint density at radius 1 is 1.38 bits per heavy atom. The molecule has 0 aliphatic carbocycles. The van der Waals surface area contributed by atoms with Gasteiger partial charge in [-0.25, -0.2) is 8.42 Å². The molecular weight excluding hydrogens is 292 g/mol. The number of hydrogen-bond acceptors (Lipinski definition) is 5. The van der Waals surface area contributed by atoms with Crippen molar-refractivity contribution in [3.8, 4) is 5.75 Å². The number of nitrogens with zero attached hydrogens (tertiary/aromatic N) is 1. The van der Waals surface area contributed by atoms with Crippen LogP contribution in [-0.2, 0) is 10.0 Å². The molecule has 0 amide bonds. The normalized spacial score (nSPS) is 19.4. The summed E-state index contributed by atoms with van der Waals surface area (Å²) in [4.78, 5) is 0.177. The number of sulfonamides is 1. The van der Waals surface area contributed by atoms with Crippen LogP contribution in [0.2, 0.25) is 0 Å². The first-order valence-electron chi connectivity index (χ1n) is 6.98. The molecule has 1 heterocycles. The van der Waals surface area contributed by atoms with Gasteiger partial charge in [0, 0.05) is 13.1 Å². The van der Waals surface area contributed by atoms with E-state index in [2.05, 4.69) is 0 Å². The maximum absolute atomic E-state index is 12.6. The summed E-state index contributed by atoms with van der Waals surface area (Å²) in [7, 11) is -2.06. The summed E-state index contributed by atoms with van der Waals surface area (Å²) in [5.74, 6) is 0.624. The molecule has 3 N–H and O–H groups in total. The van der Waals surface area contributed by atoms with Crippen LogP contribution < -0.4 is 10.5 Å². The van der Waals surface area contributed by atoms with Crippen molar-refractivity contribution in [1.29, 1.82) is 0 Å². The highest BCUT2D eigenvalue weighted by Crippen LogP contribution is 2.29. The van der Waals surface area contributed by atoms with Crippen molar-refractivity contribution in [3.05, 3.63) is 18.2 Å². The van der Waals surface area contributed by atoms with Crippen molar-refractivity contribution in [2.45, 2.75) is 30.8 Å². The van der Waals surface area contributed by atoms with E-state index in [1.165, 1.54) is 23.5 Å². The zero-order chi connectivity index (χ0) is 15.6. The molecule has 0 radical (unpaired) electrons. The van der Waals surface area contributed by atoms with Crippen LogP contribution in [0.25, 0.3) is 0 Å². The van der Waals surface area contributed by atoms with Crippen LogP contribution in [0.5, 0.6) is 5.75 Å². The highest BCUT2D eigenvalue weighted by Gasteiger charge is 2.31. The summed E-state index contributed by atoms with van der Waals surface area (Å²) in [5, 5.41) is 9.58. The third-order valence-electron chi connectivity index (χ3n) is 4.02. The lowest BCUT2D eigenvalue weighted by Crippen LogP contribution is -2.40. The molecule has 7 heteroatoms. The molecular formula is C14H22N2O4S. The minimum Gasteiger partial charge on any atom is -0.495 e. The van der Waals surface area contributed by atoms with Gasteiger partial charge in [0.05, 0.1) is 23.8 Å². The summed E-state index contributed by atoms with van der Waals surface area (Å²) >= 11 is 0. The van der Waals surface area contributed by atoms with Gasteiger partial charge in [0.15, 0.2) is 0 Å². The van der Waals surface area contributed by atoms with Crippen molar-refractivity contribution in [2.24, 2.45) is 5.92 Å². The minimum atomic E-state index is -3.54. The van der Waals surface area contributed by atoms with E-state index in [9.17, 15) is 13.5 Å². The van der Waals surface area contributed by atoms with Gasteiger partial charge in [-0.15, -0.1) is 0 Å². The topological polar surface area (TPSA) is 92.9 Å². The molecule has 1 aromatic carbocycles. The van der Waals surface area contributed by atoms with Gasteiger partial charge in [0.25, 0.3) is 0 Å². The number of piperidine rings is 1. The number of hydrogen-bond donors (Lipinski definition) is 2. The molecule has 2 rings (SSSR count). The monoisotopic (exact) mass is 314 g/mol. The van der Waals surface area contributed by atoms with Crippen LogP contribution in [0, 0.1) is 5.92 Å². The van der Waals surface area contributed by atoms with Crippen LogP contribution in [0.1, 0.15) is 19.8 Å². The van der Waals surface area contributed by atoms with E-state index in [0.29, 0.717) is 37.4 Å². The first-order valence-corrected chi connectivity index (χ1v) is 8.42. The van der Waals surface area contributed by atoms with Gasteiger partial charge in [0.1, 0.15) is 5.75 Å². The molecule has 0 bridgehead atoms. The first-order chi connectivity index (χ1) is 9.86. The first kappa shape index (κ1) is 16.1. The number of aliphatic hydroxyl groups excluding tert-OH is 1. The molecule has 1 aliphatic heterocycles. The van der Waals surface area contributed by atoms with Crippen molar-refractivity contribution >= 4 is 15.7 Å². The largest absolute Gasteiger partial charge is 0.495 e. The second-order valence-corrected chi connectivity index (χ2v) is 7.32. The zero-order valence-electron chi connectivity index (χ0n) is 12.3. The number of nitrogens with two attached hydrogens (primary N) is 1. The predicted octanol–water partition coefficient (Wildman–Crippen LogP) is 1.06. The number of nitrogen functional groups attached to an aromatic ring is 1. The number of ether oxygens (including phenoxy) is 1. The van der Waals surface area contributed by atoms with E-state index in [0.717, 1.165) is 0 Å². The Morgan fingerprint density at radius 3 is 2.48 bits per heavy atom. The van der Waals surface area contributed by atoms with Gasteiger partial charge in [-0.1, -0.05) is 0 Å². The van der Waals surface area contributed by atoms with Gasteiger partial charge < -0.3 is 15.6 Å². The molecule has 1 unspecified atom stereocenters. The van der Waals surface area contributed by atoms with E-state index < -0.39 is 16.1 Å². The quantitative estimate of drug-likeness (QED) is 0.811. The zero-order valence-corrected chi connectivity index (χ0v) is 13.1. The Kier molecular flexibility index (Phi) is 4.75. The summed E-state index contributed by atoms with van der Waals surface area (Å²) in [6.07, 6.45) is 0.942. The van der Waals surface area contributed by atoms with Crippen LogP contribution in [0.4, 0.5) is 5.69 Å². The summed E-state index contributed by atoms with van der Waals surface area (Å²) in [6, 6.07) is 4.49. The highest BCUT2D eigenvalue weighted by atomic mass is 32.2. The third kappa shape index (κ3) is 3.30. The van der Waals surface area contributed by atoms with Crippen molar-refractivity contribution in [3.63, 3.8) is 0 Å². The number of benzene rings is 1. The molecule has 1 saturated heterocycles. The molecule has 0 spiro atoms. The second kappa shape index (κ2) is 6.21. The second-order valence-electron chi connectivity index (χ2n) is 5.39. The van der Waals surface area contributed by atoms with E-state index in [1.54, 1.807) is 13.0 Å². The number of methoxy groups -OCH3 is 1. The molecule has 1 aromatic rings. The van der Waals surface area contributed by atoms with Crippen LogP contribution >= 0.6 is 0 Å². The fraction of sp³-hybridized carbons (Fsp3) is 0.571. The van der Waals surface area contributed by atoms with E-state index in [-0.39, 0.29) is 10.8 Å². The maximum Gasteiger partial charge on any atom is 0.243 e. The molecule has 21 heavy (non-hydrogen) atoms. The average Bonchev–Trinajstić information content (AvgIpc) is 2.47. The lowest BCUT2D eigenvalue weighted by molar-refractivity contribution is 0.0912. The Bertz CT molecular complexity index is 593. The maximum atomic E-state index is 12.6. The van der Waals surface area contributed by atoms with E-state index in [1.807, 2.05) is 0 Å². The molecule has 1 aliphatic rings. The standard InChI is InChI=1S/C14H22N2O4S/c1-10(17)11-5-7-16(8-6-11)21(18,19)12-3-4-14(20-2)13(15)9-12/h3-4,9-11,17H,5-8,15H2,1-2H3. The Balaban J connectivity index is 2.17. The van der Waals surface area contributed by atoms with Crippen molar-refractivity contribution < 1.29 is 18.3 Å². The van der Waals surface area contributed by atoms with Crippen LogP contribution in [0.3, 0.4) is 0 Å². The Labute approximate surface area is 125 Å². The van der Waals surface area contributed by atoms with Gasteiger partial charge >= 0.3 is 0 Å². The van der Waals surface area contributed by atoms with Gasteiger partial charge in [-0.3, -0.25) is 0 Å². The molecule has 1 atom stereocenters. The smallest absolute Gasteiger partial charge is 0.243 e. The summed E-state index contributed by atoms with van der Waals surface area (Å²) < 4.78 is 31.7. The Morgan fingerprint density at radius 2 is 2.00 bits per heavy atom. The SMILES string of the molecule is COc1ccc(S(=O)(=O)N2CCC(C(C)O)CC2)cc1N. The number of anilines is 1. The van der Waals surface area contributed by atoms with Crippen molar-refractivity contribution in [2.75, 3.05) is 25.9 Å². The number of rotatable bonds is 4. The van der Waals surface area contributed by atoms with Gasteiger partial charge in [0.2, 0.25) is 10.0 Å². The van der Waals surface area contributed by atoms with Gasteiger partial charge in [-0.05, 0) is 43.9 Å². The van der Waals surface area contributed by atoms with E-state index >= 15 is 0 Å². The summed E-state index contributed by atoms with van der Waals surface area (Å²) in [5.41, 5.74) is 6.08. The van der Waals surface area contributed by atoms with Crippen molar-refractivity contribution in [1.82, 2.24) is 4.31 Å². The lowest BCUT2D eigenvalue weighted by atomic mass is 9.93. The van der Waals surface area contributed by atoms with E-state index in [4.69, 9.17) is 10.5 Å². The predicted molar refractivity (Wildman–Crippen MR) is 80.6 cm³/mol. The highest BCUT2D eigenvalue weighted by molar-refractivity contribution is 7.89. The molecule has 0 saturated carbocycles.